The molecule has 0 fully saturated rings. The van der Waals surface area contributed by atoms with Crippen LogP contribution in [0.1, 0.15) is 120 Å². The Bertz CT molecular complexity index is 497. The molecule has 0 aliphatic heterocycles. The van der Waals surface area contributed by atoms with Gasteiger partial charge in [0.2, 0.25) is 0 Å². The quantitative estimate of drug-likeness (QED) is 0.0694. The Hall–Kier alpha value is 0.787. The normalized spacial score (nSPS) is 13.6. The Kier molecular flexibility index (Phi) is 20.3. The van der Waals surface area contributed by atoms with Crippen LogP contribution < -0.4 is 0 Å². The maximum atomic E-state index is 11.5. The van der Waals surface area contributed by atoms with Crippen molar-refractivity contribution < 1.29 is 20.8 Å². The molecule has 0 amide bonds. The zero-order valence-corrected chi connectivity index (χ0v) is 30.1. The summed E-state index contributed by atoms with van der Waals surface area (Å²) in [7, 11) is 0. The van der Waals surface area contributed by atoms with Gasteiger partial charge >= 0.3 is 225 Å². The van der Waals surface area contributed by atoms with Crippen molar-refractivity contribution in [1.82, 2.24) is 0 Å². The summed E-state index contributed by atoms with van der Waals surface area (Å²) in [6.45, 7) is 18.7. The van der Waals surface area contributed by atoms with Gasteiger partial charge in [-0.3, -0.25) is 0 Å². The van der Waals surface area contributed by atoms with Crippen LogP contribution >= 0.6 is 0 Å². The zero-order chi connectivity index (χ0) is 26.0. The van der Waals surface area contributed by atoms with Gasteiger partial charge in [0.15, 0.2) is 0 Å². The molecule has 34 heavy (non-hydrogen) atoms. The van der Waals surface area contributed by atoms with Crippen LogP contribution in [0.4, 0.5) is 4.79 Å². The molecule has 1 N–H and O–H groups in total. The number of hydrogen-bond donors (Lipinski definition) is 1. The molecule has 0 bridgehead atoms. The van der Waals surface area contributed by atoms with Crippen molar-refractivity contribution in [2.45, 2.75) is 147 Å². The van der Waals surface area contributed by atoms with Crippen LogP contribution in [0.15, 0.2) is 0 Å². The van der Waals surface area contributed by atoms with Gasteiger partial charge in [-0.05, 0) is 0 Å². The van der Waals surface area contributed by atoms with E-state index in [0.29, 0.717) is 18.9 Å². The molecule has 0 aromatic carbocycles. The van der Waals surface area contributed by atoms with Crippen LogP contribution in [-0.2, 0) is 10.9 Å². The van der Waals surface area contributed by atoms with Gasteiger partial charge in [0.1, 0.15) is 0 Å². The molecule has 0 aliphatic rings. The second kappa shape index (κ2) is 19.8. The van der Waals surface area contributed by atoms with Crippen LogP contribution in [-0.4, -0.2) is 63.1 Å². The third-order valence-electron chi connectivity index (χ3n) is 7.16. The molecule has 0 saturated carbocycles. The summed E-state index contributed by atoms with van der Waals surface area (Å²) in [5.41, 5.74) is 0. The van der Waals surface area contributed by atoms with E-state index >= 15 is 0 Å². The van der Waals surface area contributed by atoms with Crippen LogP contribution in [0.2, 0.25) is 21.2 Å². The van der Waals surface area contributed by atoms with Crippen LogP contribution in [0.3, 0.4) is 0 Å². The van der Waals surface area contributed by atoms with E-state index in [9.17, 15) is 9.90 Å². The summed E-state index contributed by atoms with van der Waals surface area (Å²) >= 11 is -5.28. The topological polar surface area (TPSA) is 65.0 Å². The minimum absolute atomic E-state index is 0.0371. The summed E-state index contributed by atoms with van der Waals surface area (Å²) in [5.74, 6) is 0.515. The fourth-order valence-electron chi connectivity index (χ4n) is 4.73. The molecule has 204 valence electrons. The predicted molar refractivity (Wildman–Crippen MR) is 150 cm³/mol. The van der Waals surface area contributed by atoms with Crippen molar-refractivity contribution in [1.29, 1.82) is 0 Å². The first kappa shape index (κ1) is 34.8. The molecular formula is C27H58O5Sn2. The predicted octanol–water partition coefficient (Wildman–Crippen LogP) is 9.13. The molecule has 1 unspecified atom stereocenters. The minimum atomic E-state index is -3.15. The van der Waals surface area contributed by atoms with Crippen molar-refractivity contribution in [3.8, 4) is 0 Å². The van der Waals surface area contributed by atoms with Crippen molar-refractivity contribution in [3.05, 3.63) is 0 Å². The molecule has 1 atom stereocenters. The number of carbonyl (C=O) groups is 1. The summed E-state index contributed by atoms with van der Waals surface area (Å²) in [4.78, 5) is 11.5. The SMILES string of the molecule is CCC[CH2][SnH]([CH2]CCC)[O][Sn]([CH2]CCC)([CH2]CCC)[C](C)(C)CC(OCCC(C)C)OC(=O)O. The molecule has 0 aromatic heterocycles. The second-order valence-electron chi connectivity index (χ2n) is 11.2. The van der Waals surface area contributed by atoms with Crippen LogP contribution in [0.5, 0.6) is 0 Å². The number of ether oxygens (including phenoxy) is 2. The first-order valence-electron chi connectivity index (χ1n) is 14.3. The van der Waals surface area contributed by atoms with E-state index in [4.69, 9.17) is 10.9 Å². The molecular weight excluding hydrogens is 642 g/mol. The van der Waals surface area contributed by atoms with E-state index in [1.54, 1.807) is 0 Å². The van der Waals surface area contributed by atoms with Gasteiger partial charge in [0.05, 0.1) is 0 Å². The molecule has 0 saturated heterocycles. The molecule has 0 radical (unpaired) electrons. The Balaban J connectivity index is 5.99. The molecule has 0 aromatic rings. The number of rotatable bonds is 22. The van der Waals surface area contributed by atoms with Crippen molar-refractivity contribution in [2.75, 3.05) is 6.61 Å². The van der Waals surface area contributed by atoms with E-state index in [2.05, 4.69) is 55.4 Å². The van der Waals surface area contributed by atoms with Gasteiger partial charge in [0.25, 0.3) is 0 Å². The average molecular weight is 700 g/mol. The van der Waals surface area contributed by atoms with Gasteiger partial charge < -0.3 is 0 Å². The monoisotopic (exact) mass is 702 g/mol. The Morgan fingerprint density at radius 2 is 1.41 bits per heavy atom. The van der Waals surface area contributed by atoms with Crippen molar-refractivity contribution in [3.63, 3.8) is 0 Å². The van der Waals surface area contributed by atoms with E-state index < -0.39 is 51.4 Å². The Labute approximate surface area is 224 Å². The van der Waals surface area contributed by atoms with Crippen molar-refractivity contribution >= 4 is 45.1 Å². The fourth-order valence-corrected chi connectivity index (χ4v) is 53.3. The Morgan fingerprint density at radius 1 is 0.912 bits per heavy atom. The third-order valence-corrected chi connectivity index (χ3v) is 44.7. The van der Waals surface area contributed by atoms with E-state index in [1.165, 1.54) is 69.1 Å². The molecule has 0 rings (SSSR count). The van der Waals surface area contributed by atoms with Gasteiger partial charge in [-0.2, -0.15) is 0 Å². The number of carboxylic acid groups (broad SMARTS) is 1. The number of unbranched alkanes of at least 4 members (excludes halogenated alkanes) is 4. The van der Waals surface area contributed by atoms with E-state index in [-0.39, 0.29) is 3.43 Å². The molecule has 0 heterocycles. The van der Waals surface area contributed by atoms with Gasteiger partial charge in [-0.15, -0.1) is 0 Å². The zero-order valence-electron chi connectivity index (χ0n) is 23.9. The average Bonchev–Trinajstić information content (AvgIpc) is 2.76. The maximum absolute atomic E-state index is 11.5. The summed E-state index contributed by atoms with van der Waals surface area (Å²) in [6.07, 6.45) is 9.52. The van der Waals surface area contributed by atoms with Gasteiger partial charge in [0, 0.05) is 0 Å². The summed E-state index contributed by atoms with van der Waals surface area (Å²) in [6, 6.07) is 0. The van der Waals surface area contributed by atoms with E-state index in [1.807, 2.05) is 0 Å². The Morgan fingerprint density at radius 3 is 1.82 bits per heavy atom. The first-order valence-corrected chi connectivity index (χ1v) is 26.9. The van der Waals surface area contributed by atoms with Crippen molar-refractivity contribution in [2.24, 2.45) is 5.92 Å². The summed E-state index contributed by atoms with van der Waals surface area (Å²) < 4.78 is 24.1. The fraction of sp³-hybridized carbons (Fsp3) is 0.963. The standard InChI is InChI=1S/C11H21O4.4C4H9.O.2Sn.H/c1-8(2)5-6-14-10(7-9(3)4)15-11(12)13;4*1-3-4-2;;;;/h8,10H,5-7H2,1-4H3,(H,12,13);4*1,3-4H2,2H3;;;;. The third kappa shape index (κ3) is 14.5. The molecule has 0 aliphatic carbocycles. The van der Waals surface area contributed by atoms with E-state index in [0.717, 1.165) is 6.42 Å². The summed E-state index contributed by atoms with van der Waals surface area (Å²) in [5, 5.41) is 9.41. The second-order valence-corrected chi connectivity index (χ2v) is 35.6. The molecule has 5 nitrogen and oxygen atoms in total. The number of hydrogen-bond acceptors (Lipinski definition) is 4. The van der Waals surface area contributed by atoms with Gasteiger partial charge in [-0.1, -0.05) is 0 Å². The van der Waals surface area contributed by atoms with Crippen LogP contribution in [0.25, 0.3) is 0 Å². The van der Waals surface area contributed by atoms with Crippen LogP contribution in [0, 0.1) is 5.92 Å². The first-order chi connectivity index (χ1) is 16.1. The molecule has 7 heteroatoms. The van der Waals surface area contributed by atoms with Gasteiger partial charge in [-0.25, -0.2) is 0 Å². The molecule has 0 spiro atoms.